The number of amides is 1. The summed E-state index contributed by atoms with van der Waals surface area (Å²) in [6.07, 6.45) is 0. The quantitative estimate of drug-likeness (QED) is 0.539. The molecule has 0 atom stereocenters. The van der Waals surface area contributed by atoms with Gasteiger partial charge in [-0.15, -0.1) is 0 Å². The van der Waals surface area contributed by atoms with E-state index in [1.54, 1.807) is 24.3 Å². The van der Waals surface area contributed by atoms with Crippen LogP contribution in [-0.2, 0) is 21.4 Å². The molecule has 6 nitrogen and oxygen atoms in total. The van der Waals surface area contributed by atoms with E-state index in [1.165, 1.54) is 31.4 Å². The molecule has 0 aromatic heterocycles. The fourth-order valence-electron chi connectivity index (χ4n) is 2.98. The number of halogens is 1. The van der Waals surface area contributed by atoms with Gasteiger partial charge in [-0.25, -0.2) is 8.42 Å². The lowest BCUT2D eigenvalue weighted by Gasteiger charge is -2.22. The van der Waals surface area contributed by atoms with E-state index in [-0.39, 0.29) is 18.0 Å². The molecule has 0 saturated carbocycles. The Morgan fingerprint density at radius 3 is 2.29 bits per heavy atom. The molecule has 0 spiro atoms. The van der Waals surface area contributed by atoms with Gasteiger partial charge in [0.2, 0.25) is 15.9 Å². The number of carbonyl (C=O) groups is 1. The van der Waals surface area contributed by atoms with Gasteiger partial charge in [-0.3, -0.25) is 4.79 Å². The largest absolute Gasteiger partial charge is 0.495 e. The highest BCUT2D eigenvalue weighted by Gasteiger charge is 2.27. The SMILES string of the molecule is COc1ccccc1NC(=O)CN(Cc1ccc(C)cc1)S(=O)(=O)c1ccc(Cl)cc1. The van der Waals surface area contributed by atoms with Gasteiger partial charge >= 0.3 is 0 Å². The molecule has 0 unspecified atom stereocenters. The van der Waals surface area contributed by atoms with Gasteiger partial charge in [0.1, 0.15) is 5.75 Å². The average Bonchev–Trinajstić information content (AvgIpc) is 2.75. The minimum atomic E-state index is -3.95. The third-order valence-electron chi connectivity index (χ3n) is 4.63. The van der Waals surface area contributed by atoms with Crippen LogP contribution in [0.2, 0.25) is 5.02 Å². The molecule has 0 heterocycles. The van der Waals surface area contributed by atoms with Gasteiger partial charge in [0, 0.05) is 11.6 Å². The van der Waals surface area contributed by atoms with Crippen LogP contribution in [0, 0.1) is 6.92 Å². The van der Waals surface area contributed by atoms with Crippen LogP contribution in [0.4, 0.5) is 5.69 Å². The van der Waals surface area contributed by atoms with Crippen LogP contribution < -0.4 is 10.1 Å². The van der Waals surface area contributed by atoms with Crippen molar-refractivity contribution >= 4 is 33.2 Å². The second-order valence-electron chi connectivity index (χ2n) is 6.96. The van der Waals surface area contributed by atoms with Crippen LogP contribution in [0.3, 0.4) is 0 Å². The summed E-state index contributed by atoms with van der Waals surface area (Å²) in [5.74, 6) is 0.00985. The number of para-hydroxylation sites is 2. The monoisotopic (exact) mass is 458 g/mol. The van der Waals surface area contributed by atoms with Crippen molar-refractivity contribution in [2.24, 2.45) is 0 Å². The van der Waals surface area contributed by atoms with Crippen molar-refractivity contribution in [3.05, 3.63) is 88.9 Å². The number of nitrogens with one attached hydrogen (secondary N) is 1. The Kier molecular flexibility index (Phi) is 7.33. The van der Waals surface area contributed by atoms with Crippen LogP contribution in [0.15, 0.2) is 77.7 Å². The van der Waals surface area contributed by atoms with Crippen LogP contribution in [0.5, 0.6) is 5.75 Å². The molecule has 162 valence electrons. The van der Waals surface area contributed by atoms with E-state index in [2.05, 4.69) is 5.32 Å². The van der Waals surface area contributed by atoms with Crippen molar-refractivity contribution in [1.82, 2.24) is 4.31 Å². The van der Waals surface area contributed by atoms with Gasteiger partial charge < -0.3 is 10.1 Å². The van der Waals surface area contributed by atoms with Crippen molar-refractivity contribution in [2.45, 2.75) is 18.4 Å². The molecule has 1 amide bonds. The highest BCUT2D eigenvalue weighted by molar-refractivity contribution is 7.89. The number of aryl methyl sites for hydroxylation is 1. The van der Waals surface area contributed by atoms with Crippen molar-refractivity contribution in [3.8, 4) is 5.75 Å². The molecule has 0 saturated heterocycles. The van der Waals surface area contributed by atoms with E-state index >= 15 is 0 Å². The van der Waals surface area contributed by atoms with Gasteiger partial charge in [0.05, 0.1) is 24.2 Å². The van der Waals surface area contributed by atoms with Crippen LogP contribution in [0.25, 0.3) is 0 Å². The number of hydrogen-bond donors (Lipinski definition) is 1. The number of anilines is 1. The highest BCUT2D eigenvalue weighted by atomic mass is 35.5. The number of ether oxygens (including phenoxy) is 1. The van der Waals surface area contributed by atoms with E-state index in [0.29, 0.717) is 16.5 Å². The number of nitrogens with zero attached hydrogens (tertiary/aromatic N) is 1. The van der Waals surface area contributed by atoms with E-state index in [9.17, 15) is 13.2 Å². The molecule has 0 fully saturated rings. The normalized spacial score (nSPS) is 11.4. The first-order valence-electron chi connectivity index (χ1n) is 9.54. The van der Waals surface area contributed by atoms with Gasteiger partial charge in [0.15, 0.2) is 0 Å². The second kappa shape index (κ2) is 9.96. The van der Waals surface area contributed by atoms with E-state index in [4.69, 9.17) is 16.3 Å². The standard InChI is InChI=1S/C23H23ClN2O4S/c1-17-7-9-18(10-8-17)15-26(31(28,29)20-13-11-19(24)12-14-20)16-23(27)25-21-5-3-4-6-22(21)30-2/h3-14H,15-16H2,1-2H3,(H,25,27). The Hall–Kier alpha value is -2.87. The topological polar surface area (TPSA) is 75.7 Å². The van der Waals surface area contributed by atoms with E-state index < -0.39 is 15.9 Å². The average molecular weight is 459 g/mol. The van der Waals surface area contributed by atoms with Gasteiger partial charge in [-0.1, -0.05) is 53.6 Å². The van der Waals surface area contributed by atoms with Crippen molar-refractivity contribution in [2.75, 3.05) is 19.0 Å². The summed E-state index contributed by atoms with van der Waals surface area (Å²) in [5.41, 5.74) is 2.30. The summed E-state index contributed by atoms with van der Waals surface area (Å²) in [6, 6.07) is 20.3. The second-order valence-corrected chi connectivity index (χ2v) is 9.34. The Morgan fingerprint density at radius 1 is 1.00 bits per heavy atom. The van der Waals surface area contributed by atoms with Crippen LogP contribution in [-0.4, -0.2) is 32.3 Å². The molecule has 3 aromatic carbocycles. The molecule has 3 aromatic rings. The number of methoxy groups -OCH3 is 1. The van der Waals surface area contributed by atoms with Crippen LogP contribution >= 0.6 is 11.6 Å². The third-order valence-corrected chi connectivity index (χ3v) is 6.69. The summed E-state index contributed by atoms with van der Waals surface area (Å²) < 4.78 is 33.0. The number of benzene rings is 3. The molecule has 0 bridgehead atoms. The predicted molar refractivity (Wildman–Crippen MR) is 122 cm³/mol. The van der Waals surface area contributed by atoms with Crippen LogP contribution in [0.1, 0.15) is 11.1 Å². The summed E-state index contributed by atoms with van der Waals surface area (Å²) in [4.78, 5) is 12.8. The summed E-state index contributed by atoms with van der Waals surface area (Å²) in [7, 11) is -2.45. The summed E-state index contributed by atoms with van der Waals surface area (Å²) in [6.45, 7) is 1.63. The predicted octanol–water partition coefficient (Wildman–Crippen LogP) is 4.49. The molecule has 0 aliphatic carbocycles. The number of rotatable bonds is 8. The zero-order chi connectivity index (χ0) is 22.4. The van der Waals surface area contributed by atoms with Crippen molar-refractivity contribution in [3.63, 3.8) is 0 Å². The molecular weight excluding hydrogens is 436 g/mol. The lowest BCUT2D eigenvalue weighted by Crippen LogP contribution is -2.37. The Bertz CT molecular complexity index is 1150. The number of sulfonamides is 1. The van der Waals surface area contributed by atoms with Gasteiger partial charge in [-0.2, -0.15) is 4.31 Å². The first kappa shape index (κ1) is 22.8. The molecule has 3 rings (SSSR count). The summed E-state index contributed by atoms with van der Waals surface area (Å²) >= 11 is 5.90. The Balaban J connectivity index is 1.88. The maximum absolute atomic E-state index is 13.3. The van der Waals surface area contributed by atoms with Gasteiger partial charge in [-0.05, 0) is 48.9 Å². The fraction of sp³-hybridized carbons (Fsp3) is 0.174. The smallest absolute Gasteiger partial charge is 0.243 e. The summed E-state index contributed by atoms with van der Waals surface area (Å²) in [5, 5.41) is 3.16. The molecule has 31 heavy (non-hydrogen) atoms. The zero-order valence-corrected chi connectivity index (χ0v) is 18.8. The highest BCUT2D eigenvalue weighted by Crippen LogP contribution is 2.24. The minimum absolute atomic E-state index is 0.0462. The molecule has 0 radical (unpaired) electrons. The molecular formula is C23H23ClN2O4S. The lowest BCUT2D eigenvalue weighted by atomic mass is 10.1. The van der Waals surface area contributed by atoms with E-state index in [0.717, 1.165) is 15.4 Å². The first-order valence-corrected chi connectivity index (χ1v) is 11.4. The Labute approximate surface area is 187 Å². The number of carbonyl (C=O) groups excluding carboxylic acids is 1. The number of hydrogen-bond acceptors (Lipinski definition) is 4. The first-order chi connectivity index (χ1) is 14.8. The molecule has 8 heteroatoms. The molecule has 1 N–H and O–H groups in total. The maximum atomic E-state index is 13.3. The fourth-order valence-corrected chi connectivity index (χ4v) is 4.49. The van der Waals surface area contributed by atoms with E-state index in [1.807, 2.05) is 31.2 Å². The Morgan fingerprint density at radius 2 is 1.65 bits per heavy atom. The zero-order valence-electron chi connectivity index (χ0n) is 17.2. The van der Waals surface area contributed by atoms with Crippen molar-refractivity contribution < 1.29 is 17.9 Å². The molecule has 0 aliphatic heterocycles. The van der Waals surface area contributed by atoms with Crippen molar-refractivity contribution in [1.29, 1.82) is 0 Å². The van der Waals surface area contributed by atoms with Gasteiger partial charge in [0.25, 0.3) is 0 Å². The third kappa shape index (κ3) is 5.85. The minimum Gasteiger partial charge on any atom is -0.495 e. The molecule has 0 aliphatic rings. The maximum Gasteiger partial charge on any atom is 0.243 e. The lowest BCUT2D eigenvalue weighted by molar-refractivity contribution is -0.116.